The molecular weight excluding hydrogens is 275 g/mol. The van der Waals surface area contributed by atoms with Crippen molar-refractivity contribution in [1.82, 2.24) is 9.80 Å². The van der Waals surface area contributed by atoms with Crippen molar-refractivity contribution in [2.45, 2.75) is 46.0 Å². The van der Waals surface area contributed by atoms with Crippen LogP contribution < -0.4 is 0 Å². The van der Waals surface area contributed by atoms with Gasteiger partial charge in [-0.25, -0.2) is 0 Å². The molecule has 6 heteroatoms. The van der Waals surface area contributed by atoms with Crippen molar-refractivity contribution >= 4 is 7.60 Å². The average molecular weight is 306 g/mol. The van der Waals surface area contributed by atoms with Crippen molar-refractivity contribution < 1.29 is 14.4 Å². The van der Waals surface area contributed by atoms with Gasteiger partial charge in [-0.3, -0.25) is 14.4 Å². The molecule has 1 aliphatic heterocycles. The van der Waals surface area contributed by atoms with Crippen molar-refractivity contribution in [2.75, 3.05) is 39.0 Å². The molecule has 1 fully saturated rings. The second-order valence-electron chi connectivity index (χ2n) is 5.99. The Bertz CT molecular complexity index is 309. The topological polar surface area (TPSA) is 64.0 Å². The molecule has 1 heterocycles. The van der Waals surface area contributed by atoms with Crippen LogP contribution >= 0.6 is 7.60 Å². The molecule has 0 aromatic carbocycles. The quantitative estimate of drug-likeness (QED) is 0.607. The molecule has 0 aliphatic carbocycles. The third-order valence-electron chi connectivity index (χ3n) is 4.12. The van der Waals surface area contributed by atoms with E-state index in [4.69, 9.17) is 9.79 Å². The lowest BCUT2D eigenvalue weighted by molar-refractivity contribution is 0.210. The minimum absolute atomic E-state index is 0.0115. The summed E-state index contributed by atoms with van der Waals surface area (Å²) in [6.07, 6.45) is 5.75. The van der Waals surface area contributed by atoms with Crippen LogP contribution in [0, 0.1) is 5.92 Å². The van der Waals surface area contributed by atoms with Gasteiger partial charge in [-0.15, -0.1) is 0 Å². The summed E-state index contributed by atoms with van der Waals surface area (Å²) in [5, 5.41) is 0. The van der Waals surface area contributed by atoms with Crippen LogP contribution in [0.5, 0.6) is 0 Å². The number of unbranched alkanes of at least 4 members (excludes halogenated alkanes) is 1. The van der Waals surface area contributed by atoms with Gasteiger partial charge >= 0.3 is 7.60 Å². The van der Waals surface area contributed by atoms with E-state index in [-0.39, 0.29) is 6.16 Å². The summed E-state index contributed by atoms with van der Waals surface area (Å²) in [6, 6.07) is 0. The maximum absolute atomic E-state index is 10.8. The van der Waals surface area contributed by atoms with E-state index in [0.29, 0.717) is 6.42 Å². The molecule has 0 saturated carbocycles. The normalized spacial score (nSPS) is 19.6. The van der Waals surface area contributed by atoms with Crippen LogP contribution in [-0.4, -0.2) is 58.6 Å². The molecule has 0 aromatic heterocycles. The zero-order valence-electron chi connectivity index (χ0n) is 13.0. The Hall–Kier alpha value is 0.0700. The maximum Gasteiger partial charge on any atom is 0.325 e. The smallest absolute Gasteiger partial charge is 0.324 e. The van der Waals surface area contributed by atoms with E-state index in [1.807, 2.05) is 0 Å². The summed E-state index contributed by atoms with van der Waals surface area (Å²) in [5.74, 6) is 0.796. The fourth-order valence-corrected chi connectivity index (χ4v) is 3.37. The maximum atomic E-state index is 10.8. The molecule has 120 valence electrons. The van der Waals surface area contributed by atoms with Gasteiger partial charge in [-0.05, 0) is 18.8 Å². The van der Waals surface area contributed by atoms with E-state index in [0.717, 1.165) is 32.2 Å². The van der Waals surface area contributed by atoms with E-state index in [1.165, 1.54) is 32.2 Å². The lowest BCUT2D eigenvalue weighted by atomic mass is 9.99. The van der Waals surface area contributed by atoms with Crippen LogP contribution in [0.2, 0.25) is 0 Å². The Morgan fingerprint density at radius 3 is 2.45 bits per heavy atom. The molecule has 1 unspecified atom stereocenters. The first-order valence-corrected chi connectivity index (χ1v) is 9.73. The zero-order valence-corrected chi connectivity index (χ0v) is 13.9. The molecule has 5 nitrogen and oxygen atoms in total. The van der Waals surface area contributed by atoms with Gasteiger partial charge < -0.3 is 9.79 Å². The third-order valence-corrected chi connectivity index (χ3v) is 5.01. The Kier molecular flexibility index (Phi) is 8.30. The number of nitrogens with zero attached hydrogens (tertiary/aromatic N) is 2. The molecule has 0 amide bonds. The van der Waals surface area contributed by atoms with E-state index < -0.39 is 7.60 Å². The highest BCUT2D eigenvalue weighted by molar-refractivity contribution is 7.51. The minimum atomic E-state index is -3.82. The van der Waals surface area contributed by atoms with Crippen LogP contribution in [0.3, 0.4) is 0 Å². The van der Waals surface area contributed by atoms with Crippen LogP contribution in [0.15, 0.2) is 0 Å². The first-order valence-electron chi connectivity index (χ1n) is 7.94. The molecule has 1 aliphatic rings. The lowest BCUT2D eigenvalue weighted by Gasteiger charge is -2.23. The third kappa shape index (κ3) is 7.75. The van der Waals surface area contributed by atoms with Crippen molar-refractivity contribution in [3.05, 3.63) is 0 Å². The molecule has 0 radical (unpaired) electrons. The Balaban J connectivity index is 2.20. The Labute approximate surface area is 123 Å². The predicted molar refractivity (Wildman–Crippen MR) is 82.8 cm³/mol. The van der Waals surface area contributed by atoms with Gasteiger partial charge in [0, 0.05) is 26.2 Å². The number of hydrogen-bond acceptors (Lipinski definition) is 3. The highest BCUT2D eigenvalue weighted by Gasteiger charge is 2.22. The lowest BCUT2D eigenvalue weighted by Crippen LogP contribution is -2.30. The van der Waals surface area contributed by atoms with Crippen molar-refractivity contribution in [1.29, 1.82) is 0 Å². The fourth-order valence-electron chi connectivity index (χ4n) is 2.82. The first kappa shape index (κ1) is 18.1. The minimum Gasteiger partial charge on any atom is -0.324 e. The van der Waals surface area contributed by atoms with Gasteiger partial charge in [-0.1, -0.05) is 33.1 Å². The predicted octanol–water partition coefficient (Wildman–Crippen LogP) is 2.35. The molecule has 1 rings (SSSR count). The summed E-state index contributed by atoms with van der Waals surface area (Å²) in [7, 11) is -3.82. The largest absolute Gasteiger partial charge is 0.325 e. The number of rotatable bonds is 10. The molecule has 0 spiro atoms. The van der Waals surface area contributed by atoms with E-state index >= 15 is 0 Å². The molecule has 2 N–H and O–H groups in total. The molecule has 1 atom stereocenters. The van der Waals surface area contributed by atoms with Crippen LogP contribution in [-0.2, 0) is 4.57 Å². The van der Waals surface area contributed by atoms with Crippen molar-refractivity contribution in [3.63, 3.8) is 0 Å². The van der Waals surface area contributed by atoms with Gasteiger partial charge in [0.1, 0.15) is 0 Å². The molecule has 1 saturated heterocycles. The molecule has 0 aromatic rings. The van der Waals surface area contributed by atoms with Gasteiger partial charge in [0.05, 0.1) is 12.8 Å². The summed E-state index contributed by atoms with van der Waals surface area (Å²) < 4.78 is 10.8. The summed E-state index contributed by atoms with van der Waals surface area (Å²) >= 11 is 0. The van der Waals surface area contributed by atoms with Crippen molar-refractivity contribution in [3.8, 4) is 0 Å². The fraction of sp³-hybridized carbons (Fsp3) is 1.00. The van der Waals surface area contributed by atoms with Crippen LogP contribution in [0.25, 0.3) is 0 Å². The molecule has 0 bridgehead atoms. The van der Waals surface area contributed by atoms with Gasteiger partial charge in [0.25, 0.3) is 0 Å². The highest BCUT2D eigenvalue weighted by atomic mass is 31.2. The van der Waals surface area contributed by atoms with Crippen molar-refractivity contribution in [2.24, 2.45) is 5.92 Å². The monoisotopic (exact) mass is 306 g/mol. The second-order valence-corrected chi connectivity index (χ2v) is 7.77. The zero-order chi connectivity index (χ0) is 15.0. The Morgan fingerprint density at radius 2 is 1.85 bits per heavy atom. The summed E-state index contributed by atoms with van der Waals surface area (Å²) in [6.45, 7) is 9.58. The molecule has 20 heavy (non-hydrogen) atoms. The second kappa shape index (κ2) is 9.16. The van der Waals surface area contributed by atoms with Gasteiger partial charge in [0.15, 0.2) is 0 Å². The van der Waals surface area contributed by atoms with Gasteiger partial charge in [0.2, 0.25) is 0 Å². The van der Waals surface area contributed by atoms with Crippen LogP contribution in [0.1, 0.15) is 46.0 Å². The number of hydrogen-bond donors (Lipinski definition) is 2. The van der Waals surface area contributed by atoms with Crippen LogP contribution in [0.4, 0.5) is 0 Å². The SMILES string of the molecule is CCCCC(CC)CN1CCN(CCCP(=O)(O)O)C1. The highest BCUT2D eigenvalue weighted by Crippen LogP contribution is 2.34. The van der Waals surface area contributed by atoms with E-state index in [9.17, 15) is 4.57 Å². The van der Waals surface area contributed by atoms with E-state index in [1.54, 1.807) is 0 Å². The summed E-state index contributed by atoms with van der Waals surface area (Å²) in [5.41, 5.74) is 0. The Morgan fingerprint density at radius 1 is 1.15 bits per heavy atom. The summed E-state index contributed by atoms with van der Waals surface area (Å²) in [4.78, 5) is 22.5. The molecular formula is C14H31N2O3P. The standard InChI is InChI=1S/C14H31N2O3P/c1-3-5-7-14(4-2)12-16-10-9-15(13-16)8-6-11-20(17,18)19/h14H,3-13H2,1-2H3,(H2,17,18,19). The average Bonchev–Trinajstić information content (AvgIpc) is 2.80. The first-order chi connectivity index (χ1) is 9.44. The van der Waals surface area contributed by atoms with E-state index in [2.05, 4.69) is 23.6 Å². The van der Waals surface area contributed by atoms with Gasteiger partial charge in [-0.2, -0.15) is 0 Å².